The van der Waals surface area contributed by atoms with E-state index in [2.05, 4.69) is 10.5 Å². The second-order valence-electron chi connectivity index (χ2n) is 1.79. The number of carbonyl (C=O) groups excluding carboxylic acids is 1. The molecule has 0 fully saturated rings. The maximum atomic E-state index is 9.73. The van der Waals surface area contributed by atoms with Gasteiger partial charge in [-0.25, -0.2) is 0 Å². The highest BCUT2D eigenvalue weighted by Crippen LogP contribution is 2.09. The smallest absolute Gasteiger partial charge is 0.309 e. The van der Waals surface area contributed by atoms with Gasteiger partial charge in [0, 0.05) is 6.07 Å². The Bertz CT molecular complexity index is 233. The monoisotopic (exact) mass is 155 g/mol. The van der Waals surface area contributed by atoms with Crippen LogP contribution in [0.25, 0.3) is 0 Å². The number of aromatic nitrogens is 1. The van der Waals surface area contributed by atoms with Gasteiger partial charge in [0.2, 0.25) is 0 Å². The summed E-state index contributed by atoms with van der Waals surface area (Å²) in [5.41, 5.74) is 0. The van der Waals surface area contributed by atoms with Crippen LogP contribution in [0.3, 0.4) is 0 Å². The lowest BCUT2D eigenvalue weighted by atomic mass is 10.4. The molecule has 1 rings (SSSR count). The first kappa shape index (κ1) is 7.59. The van der Waals surface area contributed by atoms with Crippen LogP contribution in [0.1, 0.15) is 5.76 Å². The summed E-state index contributed by atoms with van der Waals surface area (Å²) in [5, 5.41) is 5.83. The molecule has 1 N–H and O–H groups in total. The largest absolute Gasteiger partial charge is 0.479 e. The number of hydrogen-bond donors (Lipinski definition) is 1. The summed E-state index contributed by atoms with van der Waals surface area (Å²) in [4.78, 5) is 9.73. The van der Waals surface area contributed by atoms with Crippen LogP contribution in [0.5, 0.6) is 5.88 Å². The minimum atomic E-state index is 0.278. The number of amides is 1. The molecule has 5 nitrogen and oxygen atoms in total. The summed E-state index contributed by atoms with van der Waals surface area (Å²) in [6.07, 6.45) is 1.51. The molecule has 59 valence electrons. The van der Waals surface area contributed by atoms with Crippen LogP contribution in [0.4, 0.5) is 0 Å². The average molecular weight is 155 g/mol. The maximum absolute atomic E-state index is 9.73. The van der Waals surface area contributed by atoms with Crippen molar-refractivity contribution in [3.05, 3.63) is 11.8 Å². The van der Waals surface area contributed by atoms with Crippen molar-refractivity contribution in [2.75, 3.05) is 7.11 Å². The van der Waals surface area contributed by atoms with E-state index in [-0.39, 0.29) is 6.54 Å². The number of hydrogen-bond acceptors (Lipinski definition) is 4. The molecule has 1 aromatic heterocycles. The van der Waals surface area contributed by atoms with Crippen LogP contribution in [0.2, 0.25) is 0 Å². The van der Waals surface area contributed by atoms with Crippen LogP contribution < -0.4 is 10.1 Å². The lowest BCUT2D eigenvalue weighted by Gasteiger charge is -1.87. The van der Waals surface area contributed by atoms with Gasteiger partial charge in [-0.2, -0.15) is 0 Å². The Kier molecular flexibility index (Phi) is 2.48. The summed E-state index contributed by atoms with van der Waals surface area (Å²) < 4.78 is 9.48. The standard InChI is InChI=1S/C6H7N2O3/c1-10-6-2-5(11-8-6)3-7-4-9/h2H,3H2,1H3,(H,7,9). The second-order valence-corrected chi connectivity index (χ2v) is 1.79. The predicted molar refractivity (Wildman–Crippen MR) is 35.6 cm³/mol. The van der Waals surface area contributed by atoms with Gasteiger partial charge in [-0.15, -0.1) is 0 Å². The Labute approximate surface area is 63.3 Å². The van der Waals surface area contributed by atoms with Gasteiger partial charge in [0.25, 0.3) is 5.88 Å². The van der Waals surface area contributed by atoms with E-state index in [0.29, 0.717) is 11.6 Å². The number of rotatable bonds is 4. The highest BCUT2D eigenvalue weighted by atomic mass is 16.5. The molecule has 11 heavy (non-hydrogen) atoms. The van der Waals surface area contributed by atoms with E-state index in [0.717, 1.165) is 0 Å². The molecule has 0 aliphatic heterocycles. The molecule has 0 aromatic carbocycles. The van der Waals surface area contributed by atoms with Crippen LogP contribution in [0, 0.1) is 0 Å². The Balaban J connectivity index is 2.50. The van der Waals surface area contributed by atoms with Crippen molar-refractivity contribution < 1.29 is 14.1 Å². The fraction of sp³-hybridized carbons (Fsp3) is 0.333. The number of nitrogens with one attached hydrogen (secondary N) is 1. The molecule has 0 saturated heterocycles. The van der Waals surface area contributed by atoms with E-state index in [1.54, 1.807) is 6.07 Å². The number of methoxy groups -OCH3 is 1. The first-order valence-corrected chi connectivity index (χ1v) is 2.96. The number of nitrogens with zero attached hydrogens (tertiary/aromatic N) is 1. The van der Waals surface area contributed by atoms with Gasteiger partial charge in [-0.1, -0.05) is 0 Å². The van der Waals surface area contributed by atoms with Crippen molar-refractivity contribution in [2.24, 2.45) is 0 Å². The Morgan fingerprint density at radius 2 is 2.73 bits per heavy atom. The Morgan fingerprint density at radius 1 is 1.91 bits per heavy atom. The molecule has 1 amide bonds. The molecule has 0 saturated carbocycles. The van der Waals surface area contributed by atoms with Crippen molar-refractivity contribution in [2.45, 2.75) is 6.54 Å². The SMILES string of the molecule is COc1cc(CN[C]=O)on1. The third-order valence-corrected chi connectivity index (χ3v) is 1.08. The lowest BCUT2D eigenvalue weighted by Crippen LogP contribution is -2.08. The molecule has 0 aliphatic carbocycles. The van der Waals surface area contributed by atoms with Crippen molar-refractivity contribution in [1.29, 1.82) is 0 Å². The van der Waals surface area contributed by atoms with Crippen molar-refractivity contribution >= 4 is 6.41 Å². The van der Waals surface area contributed by atoms with Gasteiger partial charge in [0.1, 0.15) is 0 Å². The molecular weight excluding hydrogens is 148 g/mol. The molecule has 0 unspecified atom stereocenters. The predicted octanol–water partition coefficient (Wildman–Crippen LogP) is -0.160. The Hall–Kier alpha value is -1.52. The first-order valence-electron chi connectivity index (χ1n) is 2.96. The van der Waals surface area contributed by atoms with Crippen LogP contribution in [-0.4, -0.2) is 18.7 Å². The normalized spacial score (nSPS) is 9.18. The van der Waals surface area contributed by atoms with Crippen molar-refractivity contribution in [1.82, 2.24) is 10.5 Å². The number of ether oxygens (including phenoxy) is 1. The van der Waals surface area contributed by atoms with Gasteiger partial charge in [0.15, 0.2) is 5.76 Å². The highest BCUT2D eigenvalue weighted by Gasteiger charge is 2.01. The van der Waals surface area contributed by atoms with E-state index in [1.165, 1.54) is 13.5 Å². The molecule has 1 aromatic rings. The average Bonchev–Trinajstić information content (AvgIpc) is 2.48. The highest BCUT2D eigenvalue weighted by molar-refractivity contribution is 5.46. The van der Waals surface area contributed by atoms with Gasteiger partial charge in [-0.05, 0) is 5.16 Å². The van der Waals surface area contributed by atoms with Gasteiger partial charge < -0.3 is 14.6 Å². The van der Waals surface area contributed by atoms with Crippen molar-refractivity contribution in [3.63, 3.8) is 0 Å². The topological polar surface area (TPSA) is 64.4 Å². The third-order valence-electron chi connectivity index (χ3n) is 1.08. The van der Waals surface area contributed by atoms with E-state index < -0.39 is 0 Å². The van der Waals surface area contributed by atoms with E-state index in [9.17, 15) is 4.79 Å². The summed E-state index contributed by atoms with van der Waals surface area (Å²) >= 11 is 0. The first-order chi connectivity index (χ1) is 5.36. The van der Waals surface area contributed by atoms with Gasteiger partial charge in [0.05, 0.1) is 13.7 Å². The summed E-state index contributed by atoms with van der Waals surface area (Å²) in [7, 11) is 1.49. The molecule has 0 bridgehead atoms. The minimum absolute atomic E-state index is 0.278. The van der Waals surface area contributed by atoms with E-state index >= 15 is 0 Å². The maximum Gasteiger partial charge on any atom is 0.309 e. The zero-order chi connectivity index (χ0) is 8.10. The van der Waals surface area contributed by atoms with E-state index in [4.69, 9.17) is 9.26 Å². The molecule has 5 heteroatoms. The molecule has 0 spiro atoms. The quantitative estimate of drug-likeness (QED) is 0.613. The third kappa shape index (κ3) is 1.96. The zero-order valence-electron chi connectivity index (χ0n) is 5.96. The summed E-state index contributed by atoms with van der Waals surface area (Å²) in [6, 6.07) is 1.59. The molecular formula is C6H7N2O3. The summed E-state index contributed by atoms with van der Waals surface area (Å²) in [6.45, 7) is 0.278. The fourth-order valence-electron chi connectivity index (χ4n) is 0.597. The minimum Gasteiger partial charge on any atom is -0.479 e. The van der Waals surface area contributed by atoms with Crippen molar-refractivity contribution in [3.8, 4) is 5.88 Å². The molecule has 1 heterocycles. The van der Waals surface area contributed by atoms with Crippen LogP contribution in [-0.2, 0) is 11.3 Å². The molecule has 0 atom stereocenters. The second kappa shape index (κ2) is 3.60. The summed E-state index contributed by atoms with van der Waals surface area (Å²) in [5.74, 6) is 0.929. The zero-order valence-corrected chi connectivity index (χ0v) is 5.96. The lowest BCUT2D eigenvalue weighted by molar-refractivity contribution is 0.325. The van der Waals surface area contributed by atoms with Crippen LogP contribution in [0.15, 0.2) is 10.6 Å². The molecule has 1 radical (unpaired) electrons. The van der Waals surface area contributed by atoms with Gasteiger partial charge >= 0.3 is 6.41 Å². The van der Waals surface area contributed by atoms with E-state index in [1.807, 2.05) is 0 Å². The van der Waals surface area contributed by atoms with Crippen LogP contribution >= 0.6 is 0 Å². The van der Waals surface area contributed by atoms with Gasteiger partial charge in [-0.3, -0.25) is 4.79 Å². The Morgan fingerprint density at radius 3 is 3.27 bits per heavy atom. The molecule has 0 aliphatic rings. The fourth-order valence-corrected chi connectivity index (χ4v) is 0.597.